The molecule has 118 valence electrons. The molecule has 2 fully saturated rings. The Kier molecular flexibility index (Phi) is 4.39. The van der Waals surface area contributed by atoms with E-state index in [2.05, 4.69) is 29.4 Å². The summed E-state index contributed by atoms with van der Waals surface area (Å²) in [6.45, 7) is 1.52. The number of rotatable bonds is 2. The number of fused-ring (bicyclic) bond motifs is 1. The van der Waals surface area contributed by atoms with Crippen molar-refractivity contribution < 1.29 is 4.74 Å². The summed E-state index contributed by atoms with van der Waals surface area (Å²) in [5.41, 5.74) is 3.50. The van der Waals surface area contributed by atoms with Crippen LogP contribution in [0.2, 0.25) is 0 Å². The second-order valence-corrected chi connectivity index (χ2v) is 6.83. The molecule has 3 aliphatic rings. The van der Waals surface area contributed by atoms with Crippen LogP contribution in [0.3, 0.4) is 0 Å². The van der Waals surface area contributed by atoms with E-state index in [1.165, 1.54) is 44.1 Å². The summed E-state index contributed by atoms with van der Waals surface area (Å²) >= 11 is 0. The van der Waals surface area contributed by atoms with Crippen LogP contribution in [0.5, 0.6) is 5.75 Å². The second kappa shape index (κ2) is 6.14. The van der Waals surface area contributed by atoms with Crippen molar-refractivity contribution in [1.82, 2.24) is 5.32 Å². The van der Waals surface area contributed by atoms with Crippen molar-refractivity contribution in [2.45, 2.75) is 50.0 Å². The molecule has 2 aliphatic carbocycles. The lowest BCUT2D eigenvalue weighted by atomic mass is 9.53. The molecule has 0 unspecified atom stereocenters. The maximum absolute atomic E-state index is 5.68. The van der Waals surface area contributed by atoms with E-state index in [1.807, 2.05) is 0 Å². The van der Waals surface area contributed by atoms with E-state index in [1.54, 1.807) is 5.56 Å². The van der Waals surface area contributed by atoms with Crippen molar-refractivity contribution >= 4 is 12.4 Å². The largest absolute Gasteiger partial charge is 0.481 e. The maximum atomic E-state index is 5.68. The monoisotopic (exact) mass is 317 g/mol. The minimum absolute atomic E-state index is 0. The van der Waals surface area contributed by atoms with Crippen molar-refractivity contribution in [3.8, 4) is 18.1 Å². The number of piperidine rings is 1. The van der Waals surface area contributed by atoms with Crippen LogP contribution in [0.4, 0.5) is 0 Å². The van der Waals surface area contributed by atoms with Crippen LogP contribution in [0.25, 0.3) is 0 Å². The van der Waals surface area contributed by atoms with Crippen LogP contribution < -0.4 is 10.1 Å². The van der Waals surface area contributed by atoms with Crippen molar-refractivity contribution in [3.63, 3.8) is 0 Å². The zero-order chi connectivity index (χ0) is 14.3. The van der Waals surface area contributed by atoms with Gasteiger partial charge in [-0.3, -0.25) is 0 Å². The zero-order valence-corrected chi connectivity index (χ0v) is 13.8. The normalized spacial score (nSPS) is 32.0. The Morgan fingerprint density at radius 3 is 3.09 bits per heavy atom. The van der Waals surface area contributed by atoms with E-state index >= 15 is 0 Å². The summed E-state index contributed by atoms with van der Waals surface area (Å²) in [4.78, 5) is 0. The van der Waals surface area contributed by atoms with Gasteiger partial charge in [0.05, 0.1) is 0 Å². The molecule has 3 heteroatoms. The third-order valence-corrected chi connectivity index (χ3v) is 5.94. The highest BCUT2D eigenvalue weighted by Crippen LogP contribution is 2.54. The van der Waals surface area contributed by atoms with Gasteiger partial charge in [-0.2, -0.15) is 0 Å². The molecule has 1 aliphatic heterocycles. The number of ether oxygens (including phenoxy) is 1. The van der Waals surface area contributed by atoms with Crippen LogP contribution in [-0.2, 0) is 11.8 Å². The number of hydrogen-bond acceptors (Lipinski definition) is 2. The van der Waals surface area contributed by atoms with Crippen LogP contribution in [0.15, 0.2) is 18.2 Å². The smallest absolute Gasteiger partial charge is 0.148 e. The lowest BCUT2D eigenvalue weighted by Gasteiger charge is -2.56. The summed E-state index contributed by atoms with van der Waals surface area (Å²) in [6.07, 6.45) is 13.3. The fraction of sp³-hybridized carbons (Fsp3) is 0.579. The SMILES string of the molecule is C#CCOc1ccc2c(c1)[C@@]13CCCC[C@H]1[C@@H](C2)NCC3.Cl. The second-order valence-electron chi connectivity index (χ2n) is 6.83. The van der Waals surface area contributed by atoms with Crippen molar-refractivity contribution in [2.75, 3.05) is 13.2 Å². The standard InChI is InChI=1S/C19H23NO.ClH/c1-2-11-21-15-7-6-14-12-18-16-5-3-4-8-19(16,9-10-20-18)17(14)13-15;/h1,6-7,13,16,18,20H,3-5,8-12H2;1H/t16-,18+,19+;/m0./s1. The van der Waals surface area contributed by atoms with E-state index in [9.17, 15) is 0 Å². The first kappa shape index (κ1) is 15.7. The van der Waals surface area contributed by atoms with Gasteiger partial charge >= 0.3 is 0 Å². The average Bonchev–Trinajstić information content (AvgIpc) is 2.53. The van der Waals surface area contributed by atoms with Gasteiger partial charge in [-0.15, -0.1) is 18.8 Å². The molecular weight excluding hydrogens is 294 g/mol. The first-order chi connectivity index (χ1) is 10.3. The fourth-order valence-electron chi connectivity index (χ4n) is 5.12. The van der Waals surface area contributed by atoms with E-state index in [0.717, 1.165) is 18.2 Å². The van der Waals surface area contributed by atoms with Crippen LogP contribution in [0, 0.1) is 18.3 Å². The zero-order valence-electron chi connectivity index (χ0n) is 12.9. The molecule has 1 saturated carbocycles. The molecule has 0 amide bonds. The third kappa shape index (κ3) is 2.32. The predicted octanol–water partition coefficient (Wildman–Crippen LogP) is 3.47. The topological polar surface area (TPSA) is 21.3 Å². The van der Waals surface area contributed by atoms with Gasteiger partial charge in [0.15, 0.2) is 0 Å². The van der Waals surface area contributed by atoms with Crippen LogP contribution in [0.1, 0.15) is 43.2 Å². The van der Waals surface area contributed by atoms with Gasteiger partial charge in [0, 0.05) is 11.5 Å². The molecule has 3 atom stereocenters. The Balaban J connectivity index is 0.00000144. The molecule has 0 spiro atoms. The summed E-state index contributed by atoms with van der Waals surface area (Å²) in [7, 11) is 0. The molecule has 1 aromatic rings. The number of terminal acetylenes is 1. The predicted molar refractivity (Wildman–Crippen MR) is 91.8 cm³/mol. The van der Waals surface area contributed by atoms with E-state index in [4.69, 9.17) is 11.2 Å². The number of benzene rings is 1. The summed E-state index contributed by atoms with van der Waals surface area (Å²) in [5.74, 6) is 4.32. The summed E-state index contributed by atoms with van der Waals surface area (Å²) < 4.78 is 5.68. The molecule has 2 bridgehead atoms. The first-order valence-corrected chi connectivity index (χ1v) is 8.26. The molecule has 1 aromatic carbocycles. The molecule has 0 aromatic heterocycles. The highest BCUT2D eigenvalue weighted by atomic mass is 35.5. The van der Waals surface area contributed by atoms with E-state index in [-0.39, 0.29) is 12.4 Å². The molecule has 4 rings (SSSR count). The highest BCUT2D eigenvalue weighted by molar-refractivity contribution is 5.85. The van der Waals surface area contributed by atoms with E-state index < -0.39 is 0 Å². The van der Waals surface area contributed by atoms with Gasteiger partial charge in [-0.25, -0.2) is 0 Å². The molecular formula is C19H24ClNO. The number of halogens is 1. The molecule has 1 saturated heterocycles. The lowest BCUT2D eigenvalue weighted by molar-refractivity contribution is 0.0795. The summed E-state index contributed by atoms with van der Waals surface area (Å²) in [5, 5.41) is 3.78. The fourth-order valence-corrected chi connectivity index (χ4v) is 5.12. The Bertz CT molecular complexity index is 590. The molecule has 1 heterocycles. The van der Waals surface area contributed by atoms with Crippen molar-refractivity contribution in [3.05, 3.63) is 29.3 Å². The van der Waals surface area contributed by atoms with Gasteiger partial charge in [0.2, 0.25) is 0 Å². The quantitative estimate of drug-likeness (QED) is 0.843. The molecule has 22 heavy (non-hydrogen) atoms. The molecule has 1 N–H and O–H groups in total. The van der Waals surface area contributed by atoms with E-state index in [0.29, 0.717) is 18.1 Å². The highest BCUT2D eigenvalue weighted by Gasteiger charge is 2.51. The average molecular weight is 318 g/mol. The van der Waals surface area contributed by atoms with Crippen LogP contribution >= 0.6 is 12.4 Å². The maximum Gasteiger partial charge on any atom is 0.148 e. The minimum atomic E-state index is 0. The molecule has 2 nitrogen and oxygen atoms in total. The Morgan fingerprint density at radius 2 is 2.23 bits per heavy atom. The van der Waals surface area contributed by atoms with Gasteiger partial charge in [-0.05, 0) is 61.4 Å². The van der Waals surface area contributed by atoms with Gasteiger partial charge in [-0.1, -0.05) is 24.8 Å². The Hall–Kier alpha value is -1.17. The molecule has 0 radical (unpaired) electrons. The lowest BCUT2D eigenvalue weighted by Crippen LogP contribution is -2.59. The minimum Gasteiger partial charge on any atom is -0.481 e. The Labute approximate surface area is 139 Å². The van der Waals surface area contributed by atoms with Crippen LogP contribution in [-0.4, -0.2) is 19.2 Å². The third-order valence-electron chi connectivity index (χ3n) is 5.94. The number of nitrogens with one attached hydrogen (secondary N) is 1. The van der Waals surface area contributed by atoms with Gasteiger partial charge in [0.25, 0.3) is 0 Å². The van der Waals surface area contributed by atoms with Crippen molar-refractivity contribution in [2.24, 2.45) is 5.92 Å². The Morgan fingerprint density at radius 1 is 1.32 bits per heavy atom. The van der Waals surface area contributed by atoms with Crippen molar-refractivity contribution in [1.29, 1.82) is 0 Å². The van der Waals surface area contributed by atoms with Gasteiger partial charge in [0.1, 0.15) is 12.4 Å². The summed E-state index contributed by atoms with van der Waals surface area (Å²) in [6, 6.07) is 7.34. The first-order valence-electron chi connectivity index (χ1n) is 8.26. The van der Waals surface area contributed by atoms with Gasteiger partial charge < -0.3 is 10.1 Å². The number of hydrogen-bond donors (Lipinski definition) is 1.